The van der Waals surface area contributed by atoms with Crippen molar-refractivity contribution in [2.24, 2.45) is 7.05 Å². The van der Waals surface area contributed by atoms with Gasteiger partial charge in [-0.15, -0.1) is 0 Å². The molecule has 3 nitrogen and oxygen atoms in total. The van der Waals surface area contributed by atoms with Gasteiger partial charge in [-0.2, -0.15) is 5.10 Å². The first-order valence-corrected chi connectivity index (χ1v) is 7.47. The standard InChI is InChI=1S/C16H20ClFN2O/c1-4-13-15(17)14(20(3)19-13)10-16(21,5-2)11-7-6-8-12(18)9-11/h6-9,21H,4-5,10H2,1-3H3. The van der Waals surface area contributed by atoms with Crippen LogP contribution in [0, 0.1) is 5.82 Å². The molecule has 1 unspecified atom stereocenters. The van der Waals surface area contributed by atoms with Crippen LogP contribution in [0.15, 0.2) is 24.3 Å². The van der Waals surface area contributed by atoms with Gasteiger partial charge in [0.2, 0.25) is 0 Å². The molecule has 1 heterocycles. The first-order chi connectivity index (χ1) is 9.91. The molecule has 114 valence electrons. The molecule has 0 aliphatic heterocycles. The topological polar surface area (TPSA) is 38.0 Å². The molecule has 21 heavy (non-hydrogen) atoms. The Balaban J connectivity index is 2.41. The van der Waals surface area contributed by atoms with Gasteiger partial charge >= 0.3 is 0 Å². The summed E-state index contributed by atoms with van der Waals surface area (Å²) in [5.41, 5.74) is 0.971. The molecule has 0 fully saturated rings. The molecule has 0 saturated heterocycles. The molecule has 0 aliphatic rings. The maximum absolute atomic E-state index is 13.4. The number of rotatable bonds is 5. The highest BCUT2D eigenvalue weighted by atomic mass is 35.5. The molecule has 2 aromatic rings. The Kier molecular flexibility index (Phi) is 4.69. The van der Waals surface area contributed by atoms with Crippen LogP contribution in [0.2, 0.25) is 5.02 Å². The Labute approximate surface area is 129 Å². The number of aliphatic hydroxyl groups is 1. The summed E-state index contributed by atoms with van der Waals surface area (Å²) in [6, 6.07) is 6.07. The molecule has 0 aliphatic carbocycles. The van der Waals surface area contributed by atoms with Gasteiger partial charge in [0, 0.05) is 13.5 Å². The van der Waals surface area contributed by atoms with Crippen molar-refractivity contribution in [2.75, 3.05) is 0 Å². The van der Waals surface area contributed by atoms with Gasteiger partial charge in [0.05, 0.1) is 22.0 Å². The van der Waals surface area contributed by atoms with E-state index in [9.17, 15) is 9.50 Å². The Morgan fingerprint density at radius 2 is 2.10 bits per heavy atom. The number of benzene rings is 1. The summed E-state index contributed by atoms with van der Waals surface area (Å²) < 4.78 is 15.1. The molecule has 5 heteroatoms. The van der Waals surface area contributed by atoms with Crippen LogP contribution < -0.4 is 0 Å². The molecule has 0 radical (unpaired) electrons. The lowest BCUT2D eigenvalue weighted by atomic mass is 9.86. The van der Waals surface area contributed by atoms with Gasteiger partial charge in [-0.05, 0) is 30.5 Å². The lowest BCUT2D eigenvalue weighted by Crippen LogP contribution is -2.29. The van der Waals surface area contributed by atoms with Crippen molar-refractivity contribution in [3.8, 4) is 0 Å². The summed E-state index contributed by atoms with van der Waals surface area (Å²) >= 11 is 6.34. The van der Waals surface area contributed by atoms with Gasteiger partial charge in [-0.25, -0.2) is 4.39 Å². The summed E-state index contributed by atoms with van der Waals surface area (Å²) in [4.78, 5) is 0. The molecule has 1 atom stereocenters. The second-order valence-electron chi connectivity index (χ2n) is 5.26. The lowest BCUT2D eigenvalue weighted by Gasteiger charge is -2.27. The normalized spacial score (nSPS) is 14.2. The summed E-state index contributed by atoms with van der Waals surface area (Å²) in [5.74, 6) is -0.357. The average molecular weight is 311 g/mol. The van der Waals surface area contributed by atoms with E-state index in [-0.39, 0.29) is 5.82 Å². The average Bonchev–Trinajstić information content (AvgIpc) is 2.74. The zero-order valence-corrected chi connectivity index (χ0v) is 13.3. The van der Waals surface area contributed by atoms with Crippen molar-refractivity contribution in [3.63, 3.8) is 0 Å². The highest BCUT2D eigenvalue weighted by Gasteiger charge is 2.31. The van der Waals surface area contributed by atoms with Crippen LogP contribution in [0.1, 0.15) is 37.2 Å². The predicted octanol–water partition coefficient (Wildman–Crippen LogP) is 3.62. The van der Waals surface area contributed by atoms with E-state index in [1.165, 1.54) is 12.1 Å². The Bertz CT molecular complexity index is 641. The van der Waals surface area contributed by atoms with Crippen molar-refractivity contribution < 1.29 is 9.50 Å². The molecular formula is C16H20ClFN2O. The number of nitrogens with zero attached hydrogens (tertiary/aromatic N) is 2. The van der Waals surface area contributed by atoms with E-state index in [0.717, 1.165) is 17.8 Å². The molecule has 0 spiro atoms. The fourth-order valence-electron chi connectivity index (χ4n) is 2.50. The molecule has 1 N–H and O–H groups in total. The third-order valence-corrected chi connectivity index (χ3v) is 4.35. The van der Waals surface area contributed by atoms with E-state index in [1.807, 2.05) is 20.9 Å². The minimum atomic E-state index is -1.16. The van der Waals surface area contributed by atoms with E-state index in [0.29, 0.717) is 23.4 Å². The Hall–Kier alpha value is -1.39. The van der Waals surface area contributed by atoms with Crippen molar-refractivity contribution >= 4 is 11.6 Å². The predicted molar refractivity (Wildman–Crippen MR) is 81.9 cm³/mol. The number of halogens is 2. The largest absolute Gasteiger partial charge is 0.385 e. The summed E-state index contributed by atoms with van der Waals surface area (Å²) in [5, 5.41) is 15.9. The quantitative estimate of drug-likeness (QED) is 0.916. The van der Waals surface area contributed by atoms with E-state index >= 15 is 0 Å². The molecule has 2 rings (SSSR count). The van der Waals surface area contributed by atoms with Gasteiger partial charge in [0.15, 0.2) is 0 Å². The van der Waals surface area contributed by atoms with Crippen LogP contribution >= 0.6 is 11.6 Å². The molecule has 1 aromatic heterocycles. The SMILES string of the molecule is CCc1nn(C)c(CC(O)(CC)c2cccc(F)c2)c1Cl. The van der Waals surface area contributed by atoms with Crippen LogP contribution in [0.4, 0.5) is 4.39 Å². The highest BCUT2D eigenvalue weighted by Crippen LogP contribution is 2.33. The number of aryl methyl sites for hydroxylation is 2. The molecule has 0 amide bonds. The summed E-state index contributed by atoms with van der Waals surface area (Å²) in [6.07, 6.45) is 1.49. The van der Waals surface area contributed by atoms with Crippen LogP contribution in [-0.4, -0.2) is 14.9 Å². The molecule has 0 bridgehead atoms. The molecular weight excluding hydrogens is 291 g/mol. The van der Waals surface area contributed by atoms with Crippen LogP contribution in [0.5, 0.6) is 0 Å². The lowest BCUT2D eigenvalue weighted by molar-refractivity contribution is 0.0306. The summed E-state index contributed by atoms with van der Waals surface area (Å²) in [7, 11) is 1.81. The maximum atomic E-state index is 13.4. The van der Waals surface area contributed by atoms with Gasteiger partial charge < -0.3 is 5.11 Å². The second kappa shape index (κ2) is 6.16. The summed E-state index contributed by atoms with van der Waals surface area (Å²) in [6.45, 7) is 3.85. The monoisotopic (exact) mass is 310 g/mol. The Morgan fingerprint density at radius 1 is 1.38 bits per heavy atom. The third-order valence-electron chi connectivity index (χ3n) is 3.91. The number of hydrogen-bond donors (Lipinski definition) is 1. The van der Waals surface area contributed by atoms with Gasteiger partial charge in [-0.1, -0.05) is 37.6 Å². The van der Waals surface area contributed by atoms with Crippen LogP contribution in [0.25, 0.3) is 0 Å². The third kappa shape index (κ3) is 3.11. The minimum absolute atomic E-state index is 0.301. The van der Waals surface area contributed by atoms with Crippen LogP contribution in [0.3, 0.4) is 0 Å². The smallest absolute Gasteiger partial charge is 0.123 e. The van der Waals surface area contributed by atoms with Crippen LogP contribution in [-0.2, 0) is 25.5 Å². The fraction of sp³-hybridized carbons (Fsp3) is 0.438. The van der Waals surface area contributed by atoms with Crippen molar-refractivity contribution in [1.29, 1.82) is 0 Å². The Morgan fingerprint density at radius 3 is 2.62 bits per heavy atom. The van der Waals surface area contributed by atoms with Gasteiger partial charge in [-0.3, -0.25) is 4.68 Å². The van der Waals surface area contributed by atoms with E-state index in [4.69, 9.17) is 11.6 Å². The second-order valence-corrected chi connectivity index (χ2v) is 5.63. The minimum Gasteiger partial charge on any atom is -0.385 e. The van der Waals surface area contributed by atoms with Crippen molar-refractivity contribution in [1.82, 2.24) is 9.78 Å². The number of aromatic nitrogens is 2. The maximum Gasteiger partial charge on any atom is 0.123 e. The van der Waals surface area contributed by atoms with E-state index in [2.05, 4.69) is 5.10 Å². The molecule has 1 aromatic carbocycles. The first-order valence-electron chi connectivity index (χ1n) is 7.10. The van der Waals surface area contributed by atoms with Crippen molar-refractivity contribution in [2.45, 2.75) is 38.7 Å². The van der Waals surface area contributed by atoms with E-state index in [1.54, 1.807) is 16.8 Å². The fourth-order valence-corrected chi connectivity index (χ4v) is 2.86. The van der Waals surface area contributed by atoms with Crippen molar-refractivity contribution in [3.05, 3.63) is 52.1 Å². The zero-order valence-electron chi connectivity index (χ0n) is 12.5. The highest BCUT2D eigenvalue weighted by molar-refractivity contribution is 6.31. The first kappa shape index (κ1) is 16.0. The zero-order chi connectivity index (χ0) is 15.6. The molecule has 0 saturated carbocycles. The number of hydrogen-bond acceptors (Lipinski definition) is 2. The van der Waals surface area contributed by atoms with E-state index < -0.39 is 5.60 Å². The van der Waals surface area contributed by atoms with Gasteiger partial charge in [0.25, 0.3) is 0 Å². The van der Waals surface area contributed by atoms with Gasteiger partial charge in [0.1, 0.15) is 5.82 Å².